The molecule has 0 heterocycles. The molecule has 0 saturated heterocycles. The Bertz CT molecular complexity index is 444. The zero-order valence-electron chi connectivity index (χ0n) is 9.01. The van der Waals surface area contributed by atoms with Crippen LogP contribution in [0.15, 0.2) is 34.3 Å². The zero-order chi connectivity index (χ0) is 11.8. The van der Waals surface area contributed by atoms with Crippen molar-refractivity contribution >= 4 is 12.2 Å². The summed E-state index contributed by atoms with van der Waals surface area (Å²) in [6, 6.07) is 7.20. The Kier molecular flexibility index (Phi) is 4.87. The van der Waals surface area contributed by atoms with Crippen molar-refractivity contribution < 1.29 is 9.59 Å². The molecule has 82 valence electrons. The van der Waals surface area contributed by atoms with Gasteiger partial charge in [0.25, 0.3) is 0 Å². The van der Waals surface area contributed by atoms with Gasteiger partial charge in [0.2, 0.25) is 12.2 Å². The molecule has 1 atom stereocenters. The predicted octanol–water partition coefficient (Wildman–Crippen LogP) is 1.96. The fraction of sp³-hybridized carbons (Fsp3) is 0.333. The van der Waals surface area contributed by atoms with Crippen LogP contribution in [0.5, 0.6) is 0 Å². The molecule has 0 bridgehead atoms. The molecule has 0 spiro atoms. The van der Waals surface area contributed by atoms with E-state index in [1.165, 1.54) is 12.2 Å². The Morgan fingerprint density at radius 2 is 2.00 bits per heavy atom. The fourth-order valence-electron chi connectivity index (χ4n) is 1.58. The van der Waals surface area contributed by atoms with Gasteiger partial charge in [-0.2, -0.15) is 4.99 Å². The standard InChI is InChI=1S/C12H12N2O2/c1-2-10-5-3-4-6-11(10)12(14-9-16)7-13-8-15/h3-6,12H,2,7H2,1H3. The molecule has 1 unspecified atom stereocenters. The predicted molar refractivity (Wildman–Crippen MR) is 59.7 cm³/mol. The molecule has 0 N–H and O–H groups in total. The Balaban J connectivity index is 3.08. The Labute approximate surface area is 93.7 Å². The second-order valence-electron chi connectivity index (χ2n) is 3.22. The largest absolute Gasteiger partial charge is 0.235 e. The number of nitrogens with zero attached hydrogens (tertiary/aromatic N) is 2. The number of hydrogen-bond donors (Lipinski definition) is 0. The number of aryl methyl sites for hydroxylation is 1. The molecule has 0 radical (unpaired) electrons. The number of rotatable bonds is 5. The summed E-state index contributed by atoms with van der Waals surface area (Å²) in [7, 11) is 0. The minimum absolute atomic E-state index is 0.135. The lowest BCUT2D eigenvalue weighted by Gasteiger charge is -2.11. The van der Waals surface area contributed by atoms with E-state index in [1.807, 2.05) is 31.2 Å². The number of aliphatic imine (C=N–C) groups is 2. The summed E-state index contributed by atoms with van der Waals surface area (Å²) in [5.74, 6) is 0. The summed E-state index contributed by atoms with van der Waals surface area (Å²) in [5, 5.41) is 0. The molecule has 0 aromatic heterocycles. The monoisotopic (exact) mass is 216 g/mol. The van der Waals surface area contributed by atoms with Gasteiger partial charge in [0.1, 0.15) is 6.04 Å². The third-order valence-corrected chi connectivity index (χ3v) is 2.33. The van der Waals surface area contributed by atoms with Crippen LogP contribution in [0.1, 0.15) is 24.1 Å². The maximum absolute atomic E-state index is 10.3. The normalized spacial score (nSPS) is 11.1. The molecule has 0 aliphatic rings. The van der Waals surface area contributed by atoms with Crippen molar-refractivity contribution in [2.75, 3.05) is 6.54 Å². The molecular formula is C12H12N2O2. The third-order valence-electron chi connectivity index (χ3n) is 2.33. The minimum Gasteiger partial charge on any atom is -0.211 e. The van der Waals surface area contributed by atoms with Gasteiger partial charge in [-0.1, -0.05) is 31.2 Å². The lowest BCUT2D eigenvalue weighted by molar-refractivity contribution is 0.553. The van der Waals surface area contributed by atoms with E-state index in [2.05, 4.69) is 9.98 Å². The first-order chi connectivity index (χ1) is 7.83. The summed E-state index contributed by atoms with van der Waals surface area (Å²) < 4.78 is 0. The summed E-state index contributed by atoms with van der Waals surface area (Å²) in [6.07, 6.45) is 3.80. The highest BCUT2D eigenvalue weighted by atomic mass is 16.1. The van der Waals surface area contributed by atoms with Crippen molar-refractivity contribution in [3.8, 4) is 0 Å². The molecule has 4 nitrogen and oxygen atoms in total. The van der Waals surface area contributed by atoms with Crippen molar-refractivity contribution in [2.24, 2.45) is 9.98 Å². The molecule has 0 fully saturated rings. The number of carbonyl (C=O) groups excluding carboxylic acids is 2. The van der Waals surface area contributed by atoms with E-state index in [4.69, 9.17) is 0 Å². The molecule has 0 saturated carbocycles. The minimum atomic E-state index is -0.435. The smallest absolute Gasteiger partial charge is 0.211 e. The first kappa shape index (κ1) is 12.1. The quantitative estimate of drug-likeness (QED) is 0.558. The third kappa shape index (κ3) is 2.99. The van der Waals surface area contributed by atoms with Gasteiger partial charge in [0, 0.05) is 0 Å². The Morgan fingerprint density at radius 1 is 1.25 bits per heavy atom. The van der Waals surface area contributed by atoms with Crippen LogP contribution in [-0.4, -0.2) is 18.7 Å². The van der Waals surface area contributed by atoms with Crippen molar-refractivity contribution in [3.05, 3.63) is 35.4 Å². The molecule has 1 aromatic carbocycles. The van der Waals surface area contributed by atoms with E-state index in [1.54, 1.807) is 0 Å². The Hall–Kier alpha value is -2.02. The lowest BCUT2D eigenvalue weighted by Crippen LogP contribution is -2.03. The SMILES string of the molecule is CCc1ccccc1C(CN=C=O)N=C=O. The van der Waals surface area contributed by atoms with Crippen LogP contribution >= 0.6 is 0 Å². The van der Waals surface area contributed by atoms with Crippen molar-refractivity contribution in [1.82, 2.24) is 0 Å². The number of benzene rings is 1. The summed E-state index contributed by atoms with van der Waals surface area (Å²) in [5.41, 5.74) is 2.00. The Morgan fingerprint density at radius 3 is 2.62 bits per heavy atom. The maximum atomic E-state index is 10.3. The topological polar surface area (TPSA) is 58.9 Å². The second kappa shape index (κ2) is 6.46. The number of hydrogen-bond acceptors (Lipinski definition) is 4. The van der Waals surface area contributed by atoms with Crippen molar-refractivity contribution in [3.63, 3.8) is 0 Å². The molecule has 0 amide bonds. The van der Waals surface area contributed by atoms with E-state index < -0.39 is 6.04 Å². The molecule has 0 aliphatic heterocycles. The highest BCUT2D eigenvalue weighted by Crippen LogP contribution is 2.21. The molecule has 4 heteroatoms. The lowest BCUT2D eigenvalue weighted by atomic mass is 9.99. The number of isocyanates is 2. The van der Waals surface area contributed by atoms with E-state index in [0.29, 0.717) is 0 Å². The van der Waals surface area contributed by atoms with Crippen LogP contribution in [0.25, 0.3) is 0 Å². The fourth-order valence-corrected chi connectivity index (χ4v) is 1.58. The maximum Gasteiger partial charge on any atom is 0.235 e. The van der Waals surface area contributed by atoms with Crippen LogP contribution in [0.3, 0.4) is 0 Å². The summed E-state index contributed by atoms with van der Waals surface area (Å²) in [4.78, 5) is 27.5. The van der Waals surface area contributed by atoms with Gasteiger partial charge in [-0.3, -0.25) is 0 Å². The molecule has 0 aliphatic carbocycles. The molecule has 1 rings (SSSR count). The van der Waals surface area contributed by atoms with Crippen LogP contribution in [0.2, 0.25) is 0 Å². The van der Waals surface area contributed by atoms with E-state index in [0.717, 1.165) is 17.5 Å². The average Bonchev–Trinajstić information content (AvgIpc) is 2.34. The highest BCUT2D eigenvalue weighted by molar-refractivity contribution is 5.39. The van der Waals surface area contributed by atoms with Crippen LogP contribution in [0.4, 0.5) is 0 Å². The highest BCUT2D eigenvalue weighted by Gasteiger charge is 2.12. The van der Waals surface area contributed by atoms with Crippen molar-refractivity contribution in [2.45, 2.75) is 19.4 Å². The van der Waals surface area contributed by atoms with Crippen molar-refractivity contribution in [1.29, 1.82) is 0 Å². The zero-order valence-corrected chi connectivity index (χ0v) is 9.01. The second-order valence-corrected chi connectivity index (χ2v) is 3.22. The molecular weight excluding hydrogens is 204 g/mol. The van der Waals surface area contributed by atoms with Crippen LogP contribution < -0.4 is 0 Å². The van der Waals surface area contributed by atoms with Crippen LogP contribution in [-0.2, 0) is 16.0 Å². The first-order valence-corrected chi connectivity index (χ1v) is 5.01. The van der Waals surface area contributed by atoms with Gasteiger partial charge in [-0.05, 0) is 17.5 Å². The van der Waals surface area contributed by atoms with Crippen LogP contribution in [0, 0.1) is 0 Å². The van der Waals surface area contributed by atoms with Gasteiger partial charge in [0.15, 0.2) is 0 Å². The van der Waals surface area contributed by atoms with Gasteiger partial charge < -0.3 is 0 Å². The summed E-state index contributed by atoms with van der Waals surface area (Å²) in [6.45, 7) is 2.15. The van der Waals surface area contributed by atoms with Gasteiger partial charge in [-0.25, -0.2) is 14.6 Å². The van der Waals surface area contributed by atoms with E-state index in [-0.39, 0.29) is 6.54 Å². The van der Waals surface area contributed by atoms with Gasteiger partial charge >= 0.3 is 0 Å². The van der Waals surface area contributed by atoms with Gasteiger partial charge in [-0.15, -0.1) is 0 Å². The average molecular weight is 216 g/mol. The molecule has 16 heavy (non-hydrogen) atoms. The summed E-state index contributed by atoms with van der Waals surface area (Å²) >= 11 is 0. The van der Waals surface area contributed by atoms with E-state index in [9.17, 15) is 9.59 Å². The van der Waals surface area contributed by atoms with Gasteiger partial charge in [0.05, 0.1) is 6.54 Å². The van der Waals surface area contributed by atoms with E-state index >= 15 is 0 Å². The first-order valence-electron chi connectivity index (χ1n) is 5.01. The molecule has 1 aromatic rings.